The predicted octanol–water partition coefficient (Wildman–Crippen LogP) is 7.28. The van der Waals surface area contributed by atoms with Gasteiger partial charge in [-0.1, -0.05) is 0 Å². The second-order valence-corrected chi connectivity index (χ2v) is 8.74. The van der Waals surface area contributed by atoms with Crippen LogP contribution < -0.4 is 0 Å². The van der Waals surface area contributed by atoms with Crippen molar-refractivity contribution in [2.24, 2.45) is 0 Å². The Morgan fingerprint density at radius 3 is 2.47 bits per heavy atom. The van der Waals surface area contributed by atoms with E-state index in [0.29, 0.717) is 11.5 Å². The van der Waals surface area contributed by atoms with Crippen LogP contribution in [0.4, 0.5) is 0 Å². The van der Waals surface area contributed by atoms with Gasteiger partial charge >= 0.3 is 0 Å². The summed E-state index contributed by atoms with van der Waals surface area (Å²) in [5.74, 6) is 1.15. The van der Waals surface area contributed by atoms with Gasteiger partial charge < -0.3 is 8.98 Å². The summed E-state index contributed by atoms with van der Waals surface area (Å²) >= 11 is 3.22. The second-order valence-electron chi connectivity index (χ2n) is 6.54. The van der Waals surface area contributed by atoms with E-state index in [1.54, 1.807) is 34.8 Å². The lowest BCUT2D eigenvalue weighted by Crippen LogP contribution is -1.95. The van der Waals surface area contributed by atoms with E-state index in [1.807, 2.05) is 30.3 Å². The molecule has 32 heavy (non-hydrogen) atoms. The van der Waals surface area contributed by atoms with Crippen molar-refractivity contribution in [2.75, 3.05) is 0 Å². The quantitative estimate of drug-likeness (QED) is 0.236. The molecule has 4 heterocycles. The summed E-state index contributed by atoms with van der Waals surface area (Å²) in [6.45, 7) is 16.8. The normalized spacial score (nSPS) is 11.7. The number of fused-ring (bicyclic) bond motifs is 1. The highest BCUT2D eigenvalue weighted by Crippen LogP contribution is 2.41. The van der Waals surface area contributed by atoms with E-state index in [0.717, 1.165) is 37.1 Å². The van der Waals surface area contributed by atoms with E-state index in [-0.39, 0.29) is 11.4 Å². The summed E-state index contributed by atoms with van der Waals surface area (Å²) in [5.41, 5.74) is 2.08. The molecule has 4 aromatic rings. The van der Waals surface area contributed by atoms with Gasteiger partial charge in [0.1, 0.15) is 5.76 Å². The zero-order valence-corrected chi connectivity index (χ0v) is 18.4. The monoisotopic (exact) mass is 451 g/mol. The van der Waals surface area contributed by atoms with Crippen molar-refractivity contribution >= 4 is 45.0 Å². The van der Waals surface area contributed by atoms with Gasteiger partial charge in [0.2, 0.25) is 0 Å². The fourth-order valence-electron chi connectivity index (χ4n) is 3.29. The zero-order chi connectivity index (χ0) is 22.7. The van der Waals surface area contributed by atoms with E-state index >= 15 is 0 Å². The first-order valence-electron chi connectivity index (χ1n) is 9.42. The maximum absolute atomic E-state index is 8.96. The third kappa shape index (κ3) is 3.85. The Morgan fingerprint density at radius 2 is 1.78 bits per heavy atom. The van der Waals surface area contributed by atoms with E-state index in [2.05, 4.69) is 33.3 Å². The van der Waals surface area contributed by atoms with Gasteiger partial charge in [0.15, 0.2) is 5.76 Å². The van der Waals surface area contributed by atoms with Gasteiger partial charge in [-0.25, -0.2) is 20.2 Å². The fourth-order valence-corrected chi connectivity index (χ4v) is 5.41. The number of aromatic nitrogens is 1. The van der Waals surface area contributed by atoms with Crippen molar-refractivity contribution < 1.29 is 4.42 Å². The van der Waals surface area contributed by atoms with Gasteiger partial charge in [0.25, 0.3) is 11.4 Å². The molecule has 4 rings (SSSR count). The standard InChI is InChI=1S/C24H13N5OS2/c1-4-29-19(21-7-5-17(30-21)9-15(13-25)27-2)11-23-20(29)12-24(32-23)22-8-6-18(31-22)10-16(14-26)28-3/h5-12H,4H2,1H3/b15-9-,16-10+. The first-order chi connectivity index (χ1) is 15.6. The van der Waals surface area contributed by atoms with Gasteiger partial charge in [-0.3, -0.25) is 0 Å². The minimum absolute atomic E-state index is 0.0224. The lowest BCUT2D eigenvalue weighted by Gasteiger charge is -2.04. The Labute approximate surface area is 192 Å². The largest absolute Gasteiger partial charge is 0.456 e. The van der Waals surface area contributed by atoms with Crippen molar-refractivity contribution in [3.63, 3.8) is 0 Å². The van der Waals surface area contributed by atoms with Crippen LogP contribution in [0.2, 0.25) is 0 Å². The number of nitriles is 2. The molecule has 0 aliphatic heterocycles. The topological polar surface area (TPSA) is 74.4 Å². The minimum Gasteiger partial charge on any atom is -0.456 e. The predicted molar refractivity (Wildman–Crippen MR) is 127 cm³/mol. The molecule has 0 unspecified atom stereocenters. The molecule has 0 amide bonds. The van der Waals surface area contributed by atoms with Gasteiger partial charge in [-0.2, -0.15) is 0 Å². The van der Waals surface area contributed by atoms with Crippen LogP contribution in [0.3, 0.4) is 0 Å². The van der Waals surface area contributed by atoms with E-state index in [9.17, 15) is 0 Å². The van der Waals surface area contributed by atoms with Crippen LogP contribution in [0, 0.1) is 35.8 Å². The second kappa shape index (κ2) is 8.80. The van der Waals surface area contributed by atoms with Crippen LogP contribution >= 0.6 is 22.7 Å². The van der Waals surface area contributed by atoms with Crippen LogP contribution in [0.5, 0.6) is 0 Å². The van der Waals surface area contributed by atoms with E-state index in [4.69, 9.17) is 28.1 Å². The Balaban J connectivity index is 1.70. The Morgan fingerprint density at radius 1 is 1.03 bits per heavy atom. The molecule has 0 aliphatic rings. The lowest BCUT2D eigenvalue weighted by atomic mass is 10.3. The van der Waals surface area contributed by atoms with Crippen molar-refractivity contribution in [2.45, 2.75) is 13.5 Å². The minimum atomic E-state index is -0.0224. The van der Waals surface area contributed by atoms with Crippen LogP contribution in [-0.2, 0) is 6.54 Å². The van der Waals surface area contributed by atoms with Crippen molar-refractivity contribution in [1.29, 1.82) is 10.5 Å². The van der Waals surface area contributed by atoms with Gasteiger partial charge in [0, 0.05) is 21.2 Å². The third-order valence-electron chi connectivity index (χ3n) is 4.68. The molecule has 0 saturated carbocycles. The molecule has 4 aromatic heterocycles. The third-order valence-corrected chi connectivity index (χ3v) is 6.98. The molecular weight excluding hydrogens is 438 g/mol. The number of nitrogens with zero attached hydrogens (tertiary/aromatic N) is 5. The average molecular weight is 452 g/mol. The fraction of sp³-hybridized carbons (Fsp3) is 0.0833. The average Bonchev–Trinajstić information content (AvgIpc) is 3.58. The van der Waals surface area contributed by atoms with Crippen LogP contribution in [-0.4, -0.2) is 4.57 Å². The number of hydrogen-bond acceptors (Lipinski definition) is 5. The number of hydrogen-bond donors (Lipinski definition) is 0. The highest BCUT2D eigenvalue weighted by molar-refractivity contribution is 7.26. The molecule has 0 saturated heterocycles. The highest BCUT2D eigenvalue weighted by Gasteiger charge is 2.17. The van der Waals surface area contributed by atoms with Crippen molar-refractivity contribution in [1.82, 2.24) is 4.57 Å². The Hall–Kier alpha value is -4.34. The molecule has 0 fully saturated rings. The SMILES string of the molecule is [C-]#[N+]/C(C#N)=C\c1ccc(-c2cc3sc(-c4ccc(/C=C(\C#N)[N+]#[C-])s4)cc3n2CC)o1. The number of allylic oxidation sites excluding steroid dienone is 2. The molecule has 0 aromatic carbocycles. The Bertz CT molecular complexity index is 1530. The highest BCUT2D eigenvalue weighted by atomic mass is 32.1. The summed E-state index contributed by atoms with van der Waals surface area (Å²) in [6.07, 6.45) is 3.04. The van der Waals surface area contributed by atoms with E-state index < -0.39 is 0 Å². The molecule has 0 N–H and O–H groups in total. The van der Waals surface area contributed by atoms with Gasteiger partial charge in [0.05, 0.1) is 41.2 Å². The maximum atomic E-state index is 8.96. The van der Waals surface area contributed by atoms with Crippen molar-refractivity contribution in [3.05, 3.63) is 81.3 Å². The van der Waals surface area contributed by atoms with Crippen LogP contribution in [0.15, 0.2) is 52.2 Å². The molecule has 0 bridgehead atoms. The summed E-state index contributed by atoms with van der Waals surface area (Å²) in [5, 5.41) is 17.9. The molecular formula is C24H13N5OS2. The number of furan rings is 1. The first-order valence-corrected chi connectivity index (χ1v) is 11.1. The molecule has 0 aliphatic carbocycles. The van der Waals surface area contributed by atoms with Crippen LogP contribution in [0.25, 0.3) is 53.3 Å². The van der Waals surface area contributed by atoms with Crippen LogP contribution in [0.1, 0.15) is 17.6 Å². The van der Waals surface area contributed by atoms with E-state index in [1.165, 1.54) is 6.08 Å². The molecule has 0 radical (unpaired) electrons. The van der Waals surface area contributed by atoms with Gasteiger partial charge in [-0.15, -0.1) is 22.7 Å². The summed E-state index contributed by atoms with van der Waals surface area (Å²) in [6, 6.07) is 15.5. The first kappa shape index (κ1) is 20.9. The molecule has 0 atom stereocenters. The molecule has 8 heteroatoms. The summed E-state index contributed by atoms with van der Waals surface area (Å²) in [7, 11) is 0. The molecule has 6 nitrogen and oxygen atoms in total. The number of thiophene rings is 2. The lowest BCUT2D eigenvalue weighted by molar-refractivity contribution is 0.564. The summed E-state index contributed by atoms with van der Waals surface area (Å²) in [4.78, 5) is 9.45. The molecule has 152 valence electrons. The maximum Gasteiger partial charge on any atom is 0.265 e. The Kier molecular flexibility index (Phi) is 5.75. The van der Waals surface area contributed by atoms with Gasteiger partial charge in [-0.05, 0) is 55.5 Å². The number of aryl methyl sites for hydroxylation is 1. The number of rotatable bonds is 5. The molecule has 0 spiro atoms. The summed E-state index contributed by atoms with van der Waals surface area (Å²) < 4.78 is 9.17. The van der Waals surface area contributed by atoms with Crippen molar-refractivity contribution in [3.8, 4) is 33.3 Å². The smallest absolute Gasteiger partial charge is 0.265 e. The zero-order valence-electron chi connectivity index (χ0n) is 16.8.